The number of benzene rings is 2. The topological polar surface area (TPSA) is 516 Å². The monoisotopic (exact) mass is 1310 g/mol. The normalized spacial score (nSPS) is 24.0. The molecule has 3 saturated heterocycles. The van der Waals surface area contributed by atoms with Crippen LogP contribution in [0.25, 0.3) is 10.9 Å². The molecule has 2 aromatic heterocycles. The number of H-pyrrole nitrogens is 2. The lowest BCUT2D eigenvalue weighted by Crippen LogP contribution is -2.61. The Balaban J connectivity index is 1.25. The molecule has 3 aliphatic rings. The van der Waals surface area contributed by atoms with Crippen molar-refractivity contribution in [1.29, 1.82) is 0 Å². The minimum atomic E-state index is -1.57. The number of aliphatic imine (C=N–C) groups is 2. The standard InChI is InChI=1S/C61H86N20O13/c1-33(82)73-43-18-19-50(85)68-20-10-17-44(58(93)81-31-38(84)27-49(81)59(94)80-30-37(83)26-48(80)57(92)75-41(51(86)66-2)15-8-21-69-60(62)63)76-55(90)46(24-35-28-71-40-14-7-6-13-39(35)40)78-52(87)42(16-9-22-70-61(64)65)74-54(89)45(23-34-11-4-3-5-12-34)77-56(91)47(79-53(43)88)25-36-29-67-32-72-36/h3-7,11-14,28-29,32,37-38,41-49,71,83-84H,8-10,15-27,30-31H2,1-2H3,(H,66,86)(H,67,72)(H,68,85)(H,73,82)(H,74,89)(H,75,92)(H,76,90)(H,77,91)(H,78,87)(H,79,88)(H4,62,63,69)(H4,64,65,70)/t37-,38-,41+,42+,43+,44+,45-,46+,47+,48+,49+/m1/s1. The Morgan fingerprint density at radius 3 is 1.95 bits per heavy atom. The highest BCUT2D eigenvalue weighted by Gasteiger charge is 2.48. The molecule has 11 amide bonds. The molecule has 7 rings (SSSR count). The average Bonchev–Trinajstić information content (AvgIpc) is 1.63. The van der Waals surface area contributed by atoms with Gasteiger partial charge in [-0.3, -0.25) is 62.7 Å². The summed E-state index contributed by atoms with van der Waals surface area (Å²) < 4.78 is 0. The van der Waals surface area contributed by atoms with Gasteiger partial charge in [-0.05, 0) is 62.1 Å². The van der Waals surface area contributed by atoms with E-state index in [9.17, 15) is 48.6 Å². The Bertz CT molecular complexity index is 3370. The lowest BCUT2D eigenvalue weighted by Gasteiger charge is -2.33. The minimum Gasteiger partial charge on any atom is -0.391 e. The SMILES string of the molecule is CNC(=O)[C@H](CCCN=C(N)N)NC(=O)[C@@H]1C[C@@H](O)CN1C(=O)[C@@H]1C[C@@H](O)CN1C(=O)[C@@H]1CCCNC(=O)CC[C@H](NC(C)=O)C(=O)N[C@@H](Cc2cnc[nH]2)C(=O)N[C@H](Cc2ccccc2)C(=O)N[C@@H](CCCN=C(N)N)C(=O)N[C@@H](Cc2c[nH]c3ccccc23)C(=O)N1. The zero-order valence-corrected chi connectivity index (χ0v) is 52.4. The average molecular weight is 1310 g/mol. The number of aromatic amines is 2. The highest BCUT2D eigenvalue weighted by atomic mass is 16.3. The number of nitrogens with zero attached hydrogens (tertiary/aromatic N) is 5. The third-order valence-corrected chi connectivity index (χ3v) is 16.3. The van der Waals surface area contributed by atoms with E-state index in [2.05, 4.69) is 72.8 Å². The third-order valence-electron chi connectivity index (χ3n) is 16.3. The highest BCUT2D eigenvalue weighted by molar-refractivity contribution is 6.00. The highest BCUT2D eigenvalue weighted by Crippen LogP contribution is 2.28. The number of rotatable bonds is 20. The van der Waals surface area contributed by atoms with Crippen LogP contribution >= 0.6 is 0 Å². The number of imidazole rings is 1. The van der Waals surface area contributed by atoms with Crippen LogP contribution in [0.5, 0.6) is 0 Å². The number of hydrogen-bond acceptors (Lipinski definition) is 16. The molecule has 0 aliphatic carbocycles. The molecule has 508 valence electrons. The summed E-state index contributed by atoms with van der Waals surface area (Å²) in [5, 5.41) is 47.1. The van der Waals surface area contributed by atoms with Crippen molar-refractivity contribution < 1.29 is 63.0 Å². The molecule has 0 spiro atoms. The quantitative estimate of drug-likeness (QED) is 0.0223. The molecule has 33 heteroatoms. The number of amides is 11. The van der Waals surface area contributed by atoms with Crippen LogP contribution in [-0.4, -0.2) is 218 Å². The van der Waals surface area contributed by atoms with Crippen LogP contribution in [0.4, 0.5) is 0 Å². The van der Waals surface area contributed by atoms with Crippen molar-refractivity contribution >= 4 is 87.8 Å². The summed E-state index contributed by atoms with van der Waals surface area (Å²) >= 11 is 0. The van der Waals surface area contributed by atoms with Crippen molar-refractivity contribution in [2.24, 2.45) is 32.9 Å². The van der Waals surface area contributed by atoms with Crippen molar-refractivity contribution in [3.8, 4) is 0 Å². The van der Waals surface area contributed by atoms with Gasteiger partial charge in [0.1, 0.15) is 54.4 Å². The first-order valence-corrected chi connectivity index (χ1v) is 31.2. The molecule has 33 nitrogen and oxygen atoms in total. The zero-order chi connectivity index (χ0) is 68.0. The number of carbonyl (C=O) groups is 11. The van der Waals surface area contributed by atoms with Gasteiger partial charge in [0.25, 0.3) is 0 Å². The van der Waals surface area contributed by atoms with Crippen molar-refractivity contribution in [2.75, 3.05) is 39.8 Å². The fourth-order valence-electron chi connectivity index (χ4n) is 11.6. The first kappa shape index (κ1) is 71.3. The molecule has 0 bridgehead atoms. The van der Waals surface area contributed by atoms with Crippen LogP contribution in [0.15, 0.2) is 83.3 Å². The van der Waals surface area contributed by atoms with E-state index in [-0.39, 0.29) is 122 Å². The number of nitrogens with one attached hydrogen (secondary N) is 11. The molecule has 4 aromatic rings. The number of guanidine groups is 2. The zero-order valence-electron chi connectivity index (χ0n) is 52.4. The van der Waals surface area contributed by atoms with Gasteiger partial charge in [0.2, 0.25) is 65.0 Å². The summed E-state index contributed by atoms with van der Waals surface area (Å²) in [5.74, 6) is -9.11. The second kappa shape index (κ2) is 34.5. The van der Waals surface area contributed by atoms with E-state index in [4.69, 9.17) is 22.9 Å². The van der Waals surface area contributed by atoms with E-state index >= 15 is 14.4 Å². The van der Waals surface area contributed by atoms with E-state index in [1.807, 2.05) is 0 Å². The number of likely N-dealkylation sites (tertiary alicyclic amines) is 2. The van der Waals surface area contributed by atoms with Crippen molar-refractivity contribution in [1.82, 2.24) is 72.6 Å². The lowest BCUT2D eigenvalue weighted by molar-refractivity contribution is -0.148. The summed E-state index contributed by atoms with van der Waals surface area (Å²) in [6, 6.07) is 3.01. The number of aliphatic hydroxyl groups excluding tert-OH is 2. The fourth-order valence-corrected chi connectivity index (χ4v) is 11.6. The molecular formula is C61H86N20O13. The molecule has 5 heterocycles. The maximum atomic E-state index is 15.3. The predicted octanol–water partition coefficient (Wildman–Crippen LogP) is -5.20. The van der Waals surface area contributed by atoms with E-state index < -0.39 is 138 Å². The molecule has 3 fully saturated rings. The molecule has 21 N–H and O–H groups in total. The van der Waals surface area contributed by atoms with Crippen LogP contribution in [0.1, 0.15) is 88.0 Å². The van der Waals surface area contributed by atoms with E-state index in [0.717, 1.165) is 16.7 Å². The Labute approximate surface area is 541 Å². The largest absolute Gasteiger partial charge is 0.391 e. The third kappa shape index (κ3) is 20.7. The number of likely N-dealkylation sites (N-methyl/N-ethyl adjacent to an activating group) is 1. The Morgan fingerprint density at radius 2 is 1.29 bits per heavy atom. The lowest BCUT2D eigenvalue weighted by atomic mass is 10.0. The van der Waals surface area contributed by atoms with Gasteiger partial charge in [0.05, 0.1) is 18.5 Å². The van der Waals surface area contributed by atoms with E-state index in [0.29, 0.717) is 27.7 Å². The van der Waals surface area contributed by atoms with Crippen molar-refractivity contribution in [2.45, 2.75) is 157 Å². The number of nitrogens with two attached hydrogens (primary N) is 4. The summed E-state index contributed by atoms with van der Waals surface area (Å²) in [7, 11) is 1.37. The van der Waals surface area contributed by atoms with Crippen LogP contribution in [-0.2, 0) is 72.0 Å². The number of aromatic nitrogens is 3. The molecule has 3 aliphatic heterocycles. The Kier molecular flexibility index (Phi) is 26.1. The van der Waals surface area contributed by atoms with Crippen LogP contribution in [0.2, 0.25) is 0 Å². The molecule has 0 saturated carbocycles. The van der Waals surface area contributed by atoms with Crippen molar-refractivity contribution in [3.05, 3.63) is 90.1 Å². The second-order valence-corrected chi connectivity index (χ2v) is 23.5. The maximum Gasteiger partial charge on any atom is 0.246 e. The van der Waals surface area contributed by atoms with Gasteiger partial charge in [0.15, 0.2) is 11.9 Å². The smallest absolute Gasteiger partial charge is 0.246 e. The maximum absolute atomic E-state index is 15.3. The predicted molar refractivity (Wildman–Crippen MR) is 341 cm³/mol. The summed E-state index contributed by atoms with van der Waals surface area (Å²) in [6.45, 7) is 0.358. The number of β-amino-alcohol motifs (C(OH)–C–C–N with tert-alkyl or cyclic N) is 2. The number of aliphatic hydroxyl groups is 2. The van der Waals surface area contributed by atoms with Gasteiger partial charge in [0, 0.05) is 114 Å². The van der Waals surface area contributed by atoms with Gasteiger partial charge in [-0.15, -0.1) is 0 Å². The molecule has 0 radical (unpaired) electrons. The van der Waals surface area contributed by atoms with E-state index in [1.165, 1.54) is 19.6 Å². The van der Waals surface area contributed by atoms with Gasteiger partial charge < -0.3 is 101 Å². The van der Waals surface area contributed by atoms with Crippen LogP contribution in [0.3, 0.4) is 0 Å². The fraction of sp³-hybridized carbons (Fsp3) is 0.508. The Hall–Kier alpha value is -10.2. The van der Waals surface area contributed by atoms with Gasteiger partial charge in [-0.2, -0.15) is 0 Å². The Morgan fingerprint density at radius 1 is 0.691 bits per heavy atom. The van der Waals surface area contributed by atoms with E-state index in [1.54, 1.807) is 60.8 Å². The molecule has 2 aromatic carbocycles. The molecular weight excluding hydrogens is 1220 g/mol. The number of carbonyl (C=O) groups excluding carboxylic acids is 11. The van der Waals surface area contributed by atoms with Gasteiger partial charge >= 0.3 is 0 Å². The van der Waals surface area contributed by atoms with Gasteiger partial charge in [-0.1, -0.05) is 48.5 Å². The first-order valence-electron chi connectivity index (χ1n) is 31.2. The molecule has 94 heavy (non-hydrogen) atoms. The second-order valence-electron chi connectivity index (χ2n) is 23.5. The number of para-hydroxylation sites is 1. The van der Waals surface area contributed by atoms with Crippen molar-refractivity contribution in [3.63, 3.8) is 0 Å². The van der Waals surface area contributed by atoms with Gasteiger partial charge in [-0.25, -0.2) is 4.98 Å². The minimum absolute atomic E-state index is 0.00799. The molecule has 11 atom stereocenters. The molecule has 0 unspecified atom stereocenters. The first-order chi connectivity index (χ1) is 45.0. The summed E-state index contributed by atoms with van der Waals surface area (Å²) in [6.07, 6.45) is 0.194. The summed E-state index contributed by atoms with van der Waals surface area (Å²) in [4.78, 5) is 178. The number of hydrogen-bond donors (Lipinski definition) is 17. The van der Waals surface area contributed by atoms with Crippen LogP contribution in [0, 0.1) is 0 Å². The summed E-state index contributed by atoms with van der Waals surface area (Å²) in [5.41, 5.74) is 24.4. The number of fused-ring (bicyclic) bond motifs is 1. The van der Waals surface area contributed by atoms with Crippen LogP contribution < -0.4 is 70.8 Å².